The molecule has 21 heavy (non-hydrogen) atoms. The van der Waals surface area contributed by atoms with Crippen LogP contribution < -0.4 is 5.56 Å². The number of hydrogen-bond acceptors (Lipinski definition) is 3. The Morgan fingerprint density at radius 2 is 1.90 bits per heavy atom. The highest BCUT2D eigenvalue weighted by Crippen LogP contribution is 2.14. The minimum Gasteiger partial charge on any atom is -0.503 e. The summed E-state index contributed by atoms with van der Waals surface area (Å²) in [5.41, 5.74) is 1.41. The lowest BCUT2D eigenvalue weighted by atomic mass is 10.1. The maximum Gasteiger partial charge on any atom is 0.293 e. The highest BCUT2D eigenvalue weighted by molar-refractivity contribution is 5.29. The van der Waals surface area contributed by atoms with Gasteiger partial charge in [-0.3, -0.25) is 4.79 Å². The molecule has 1 aromatic heterocycles. The van der Waals surface area contributed by atoms with Gasteiger partial charge in [0.1, 0.15) is 0 Å². The number of unbranched alkanes of at least 4 members (excludes halogenated alkanes) is 1. The Bertz CT molecular complexity index is 620. The van der Waals surface area contributed by atoms with Crippen molar-refractivity contribution >= 4 is 0 Å². The molecule has 0 aliphatic carbocycles. The van der Waals surface area contributed by atoms with Crippen molar-refractivity contribution < 1.29 is 9.84 Å². The van der Waals surface area contributed by atoms with Gasteiger partial charge in [-0.1, -0.05) is 30.3 Å². The summed E-state index contributed by atoms with van der Waals surface area (Å²) in [6.45, 7) is 1.17. The molecule has 0 aliphatic rings. The van der Waals surface area contributed by atoms with E-state index in [9.17, 15) is 9.90 Å². The van der Waals surface area contributed by atoms with Gasteiger partial charge in [-0.15, -0.1) is 0 Å². The fourth-order valence-corrected chi connectivity index (χ4v) is 2.27. The maximum absolute atomic E-state index is 12.2. The van der Waals surface area contributed by atoms with E-state index in [0.717, 1.165) is 18.4 Å². The van der Waals surface area contributed by atoms with Crippen molar-refractivity contribution in [3.63, 3.8) is 0 Å². The Balaban J connectivity index is 2.08. The molecule has 4 nitrogen and oxygen atoms in total. The molecule has 112 valence electrons. The first-order valence-corrected chi connectivity index (χ1v) is 7.16. The summed E-state index contributed by atoms with van der Waals surface area (Å²) in [5.74, 6) is -0.133. The van der Waals surface area contributed by atoms with Gasteiger partial charge in [-0.05, 0) is 30.9 Å². The number of ether oxygens (including phenoxy) is 1. The normalized spacial score (nSPS) is 10.7. The molecule has 0 amide bonds. The largest absolute Gasteiger partial charge is 0.503 e. The summed E-state index contributed by atoms with van der Waals surface area (Å²) in [7, 11) is 1.67. The van der Waals surface area contributed by atoms with Gasteiger partial charge in [0.05, 0.1) is 6.54 Å². The molecule has 0 fully saturated rings. The summed E-state index contributed by atoms with van der Waals surface area (Å²) in [6, 6.07) is 11.6. The summed E-state index contributed by atoms with van der Waals surface area (Å²) < 4.78 is 6.52. The first-order valence-electron chi connectivity index (χ1n) is 7.16. The number of aromatic hydroxyl groups is 1. The van der Waals surface area contributed by atoms with E-state index in [1.807, 2.05) is 36.4 Å². The molecule has 0 bridgehead atoms. The number of hydrogen-bond donors (Lipinski definition) is 1. The summed E-state index contributed by atoms with van der Waals surface area (Å²) in [6.07, 6.45) is 4.25. The lowest BCUT2D eigenvalue weighted by Crippen LogP contribution is -2.20. The van der Waals surface area contributed by atoms with Crippen LogP contribution in [-0.4, -0.2) is 23.4 Å². The Labute approximate surface area is 124 Å². The zero-order valence-corrected chi connectivity index (χ0v) is 12.3. The van der Waals surface area contributed by atoms with Crippen LogP contribution in [0.5, 0.6) is 5.75 Å². The zero-order valence-electron chi connectivity index (χ0n) is 12.3. The Morgan fingerprint density at radius 1 is 1.14 bits per heavy atom. The lowest BCUT2D eigenvalue weighted by molar-refractivity contribution is 0.193. The average Bonchev–Trinajstić information content (AvgIpc) is 2.51. The van der Waals surface area contributed by atoms with Crippen molar-refractivity contribution in [1.29, 1.82) is 0 Å². The Hall–Kier alpha value is -2.07. The number of aromatic nitrogens is 1. The van der Waals surface area contributed by atoms with Crippen LogP contribution in [0.4, 0.5) is 0 Å². The van der Waals surface area contributed by atoms with Crippen LogP contribution in [0.1, 0.15) is 24.0 Å². The minimum absolute atomic E-state index is 0.133. The second kappa shape index (κ2) is 7.64. The number of rotatable bonds is 7. The summed E-state index contributed by atoms with van der Waals surface area (Å²) in [4.78, 5) is 12.2. The minimum atomic E-state index is -0.330. The quantitative estimate of drug-likeness (QED) is 0.796. The van der Waals surface area contributed by atoms with Gasteiger partial charge in [-0.2, -0.15) is 0 Å². The zero-order chi connectivity index (χ0) is 15.1. The van der Waals surface area contributed by atoms with Crippen molar-refractivity contribution in [2.45, 2.75) is 25.8 Å². The number of nitrogens with zero attached hydrogens (tertiary/aromatic N) is 1. The maximum atomic E-state index is 12.2. The molecule has 2 rings (SSSR count). The van der Waals surface area contributed by atoms with Crippen molar-refractivity contribution in [1.82, 2.24) is 4.57 Å². The third-order valence-corrected chi connectivity index (χ3v) is 3.46. The van der Waals surface area contributed by atoms with E-state index in [1.165, 1.54) is 4.57 Å². The number of methoxy groups -OCH3 is 1. The molecule has 0 radical (unpaired) electrons. The predicted octanol–water partition coefficient (Wildman–Crippen LogP) is 2.57. The number of aryl methyl sites for hydroxylation is 1. The van der Waals surface area contributed by atoms with Crippen LogP contribution in [0.25, 0.3) is 0 Å². The number of benzene rings is 1. The van der Waals surface area contributed by atoms with E-state index in [1.54, 1.807) is 13.3 Å². The molecule has 0 saturated heterocycles. The fourth-order valence-electron chi connectivity index (χ4n) is 2.27. The third-order valence-electron chi connectivity index (χ3n) is 3.46. The van der Waals surface area contributed by atoms with Gasteiger partial charge < -0.3 is 14.4 Å². The SMILES string of the molecule is COCCCCc1ccn(Cc2ccccc2)c(=O)c1O. The van der Waals surface area contributed by atoms with Gasteiger partial charge in [0, 0.05) is 25.5 Å². The Kier molecular flexibility index (Phi) is 5.58. The molecule has 0 saturated carbocycles. The topological polar surface area (TPSA) is 51.5 Å². The van der Waals surface area contributed by atoms with Gasteiger partial charge in [0.15, 0.2) is 5.75 Å². The van der Waals surface area contributed by atoms with Crippen molar-refractivity contribution in [3.05, 3.63) is 64.1 Å². The average molecular weight is 287 g/mol. The molecule has 1 aromatic carbocycles. The first kappa shape index (κ1) is 15.3. The highest BCUT2D eigenvalue weighted by atomic mass is 16.5. The van der Waals surface area contributed by atoms with E-state index in [-0.39, 0.29) is 11.3 Å². The van der Waals surface area contributed by atoms with E-state index in [4.69, 9.17) is 4.74 Å². The first-order chi connectivity index (χ1) is 10.2. The van der Waals surface area contributed by atoms with Gasteiger partial charge in [0.2, 0.25) is 0 Å². The summed E-state index contributed by atoms with van der Waals surface area (Å²) in [5, 5.41) is 10.0. The van der Waals surface area contributed by atoms with Crippen LogP contribution >= 0.6 is 0 Å². The van der Waals surface area contributed by atoms with Crippen LogP contribution in [-0.2, 0) is 17.7 Å². The van der Waals surface area contributed by atoms with E-state index in [0.29, 0.717) is 25.1 Å². The molecular weight excluding hydrogens is 266 g/mol. The van der Waals surface area contributed by atoms with Crippen molar-refractivity contribution in [2.75, 3.05) is 13.7 Å². The van der Waals surface area contributed by atoms with Gasteiger partial charge in [0.25, 0.3) is 5.56 Å². The third kappa shape index (κ3) is 4.20. The van der Waals surface area contributed by atoms with Gasteiger partial charge >= 0.3 is 0 Å². The van der Waals surface area contributed by atoms with Crippen LogP contribution in [0.2, 0.25) is 0 Å². The number of pyridine rings is 1. The lowest BCUT2D eigenvalue weighted by Gasteiger charge is -2.09. The van der Waals surface area contributed by atoms with Crippen molar-refractivity contribution in [2.24, 2.45) is 0 Å². The van der Waals surface area contributed by atoms with Gasteiger partial charge in [-0.25, -0.2) is 0 Å². The van der Waals surface area contributed by atoms with E-state index >= 15 is 0 Å². The van der Waals surface area contributed by atoms with Crippen LogP contribution in [0.3, 0.4) is 0 Å². The molecule has 0 atom stereocenters. The van der Waals surface area contributed by atoms with Crippen LogP contribution in [0.15, 0.2) is 47.4 Å². The monoisotopic (exact) mass is 287 g/mol. The molecule has 1 heterocycles. The molecule has 0 aliphatic heterocycles. The Morgan fingerprint density at radius 3 is 2.62 bits per heavy atom. The molecule has 0 spiro atoms. The van der Waals surface area contributed by atoms with E-state index < -0.39 is 0 Å². The highest BCUT2D eigenvalue weighted by Gasteiger charge is 2.08. The molecule has 0 unspecified atom stereocenters. The second-order valence-electron chi connectivity index (χ2n) is 5.06. The second-order valence-corrected chi connectivity index (χ2v) is 5.06. The van der Waals surface area contributed by atoms with Crippen LogP contribution in [0, 0.1) is 0 Å². The summed E-state index contributed by atoms with van der Waals surface area (Å²) >= 11 is 0. The fraction of sp³-hybridized carbons (Fsp3) is 0.353. The van der Waals surface area contributed by atoms with Crippen molar-refractivity contribution in [3.8, 4) is 5.75 Å². The smallest absolute Gasteiger partial charge is 0.293 e. The predicted molar refractivity (Wildman–Crippen MR) is 82.7 cm³/mol. The molecule has 4 heteroatoms. The molecule has 1 N–H and O–H groups in total. The standard InChI is InChI=1S/C17H21NO3/c1-21-12-6-5-9-15-10-11-18(17(20)16(15)19)13-14-7-3-2-4-8-14/h2-4,7-8,10-11,19H,5-6,9,12-13H2,1H3. The molecule has 2 aromatic rings. The van der Waals surface area contributed by atoms with E-state index in [2.05, 4.69) is 0 Å². The molecular formula is C17H21NO3.